The van der Waals surface area contributed by atoms with Gasteiger partial charge in [-0.3, -0.25) is 4.79 Å². The molecule has 1 unspecified atom stereocenters. The van der Waals surface area contributed by atoms with E-state index in [0.717, 1.165) is 0 Å². The number of amides is 1. The Hall–Kier alpha value is -0.850. The average molecular weight is 337 g/mol. The molecule has 0 radical (unpaired) electrons. The van der Waals surface area contributed by atoms with Crippen molar-refractivity contribution in [3.63, 3.8) is 0 Å². The highest BCUT2D eigenvalue weighted by Gasteiger charge is 2.14. The van der Waals surface area contributed by atoms with Crippen molar-refractivity contribution < 1.29 is 9.53 Å². The summed E-state index contributed by atoms with van der Waals surface area (Å²) in [7, 11) is 1.59. The molecule has 1 heterocycles. The Morgan fingerprint density at radius 1 is 1.67 bits per heavy atom. The number of pyridine rings is 1. The fraction of sp³-hybridized carbons (Fsp3) is 0.455. The van der Waals surface area contributed by atoms with Crippen molar-refractivity contribution in [2.24, 2.45) is 0 Å². The standard InChI is InChI=1S/C11H15BrClN3O2/c1-7(11(17)14-3-4-18-2)16-10-9(12)5-8(13)6-15-10/h5-7H,3-4H2,1-2H3,(H,14,17)(H,15,16). The fourth-order valence-corrected chi connectivity index (χ4v) is 1.97. The number of hydrogen-bond donors (Lipinski definition) is 2. The van der Waals surface area contributed by atoms with Crippen LogP contribution in [-0.4, -0.2) is 37.2 Å². The Labute approximate surface area is 119 Å². The van der Waals surface area contributed by atoms with E-state index >= 15 is 0 Å². The van der Waals surface area contributed by atoms with Crippen LogP contribution in [0.2, 0.25) is 5.02 Å². The third-order valence-electron chi connectivity index (χ3n) is 2.16. The molecule has 2 N–H and O–H groups in total. The number of methoxy groups -OCH3 is 1. The van der Waals surface area contributed by atoms with Crippen LogP contribution >= 0.6 is 27.5 Å². The minimum atomic E-state index is -0.396. The first-order valence-electron chi connectivity index (χ1n) is 5.39. The largest absolute Gasteiger partial charge is 0.383 e. The first-order chi connectivity index (χ1) is 8.54. The lowest BCUT2D eigenvalue weighted by Crippen LogP contribution is -2.39. The molecule has 0 saturated heterocycles. The Kier molecular flexibility index (Phi) is 6.38. The lowest BCUT2D eigenvalue weighted by molar-refractivity contribution is -0.121. The van der Waals surface area contributed by atoms with E-state index in [4.69, 9.17) is 16.3 Å². The van der Waals surface area contributed by atoms with Crippen LogP contribution in [0.3, 0.4) is 0 Å². The highest BCUT2D eigenvalue weighted by Crippen LogP contribution is 2.23. The first-order valence-corrected chi connectivity index (χ1v) is 6.56. The SMILES string of the molecule is COCCNC(=O)C(C)Nc1ncc(Cl)cc1Br. The number of carbonyl (C=O) groups is 1. The highest BCUT2D eigenvalue weighted by molar-refractivity contribution is 9.10. The van der Waals surface area contributed by atoms with Gasteiger partial charge in [-0.05, 0) is 28.9 Å². The van der Waals surface area contributed by atoms with Crippen molar-refractivity contribution in [1.82, 2.24) is 10.3 Å². The van der Waals surface area contributed by atoms with E-state index in [0.29, 0.717) is 28.5 Å². The van der Waals surface area contributed by atoms with Crippen LogP contribution in [-0.2, 0) is 9.53 Å². The van der Waals surface area contributed by atoms with E-state index in [2.05, 4.69) is 31.5 Å². The predicted molar refractivity (Wildman–Crippen MR) is 74.9 cm³/mol. The van der Waals surface area contributed by atoms with Crippen molar-refractivity contribution in [3.05, 3.63) is 21.8 Å². The van der Waals surface area contributed by atoms with Crippen LogP contribution in [0.15, 0.2) is 16.7 Å². The number of rotatable bonds is 6. The van der Waals surface area contributed by atoms with Crippen LogP contribution in [0.25, 0.3) is 0 Å². The van der Waals surface area contributed by atoms with Gasteiger partial charge in [0.2, 0.25) is 5.91 Å². The fourth-order valence-electron chi connectivity index (χ4n) is 1.22. The molecule has 1 aromatic rings. The van der Waals surface area contributed by atoms with Crippen molar-refractivity contribution in [1.29, 1.82) is 0 Å². The van der Waals surface area contributed by atoms with Crippen molar-refractivity contribution in [2.75, 3.05) is 25.6 Å². The van der Waals surface area contributed by atoms with Gasteiger partial charge in [-0.15, -0.1) is 0 Å². The predicted octanol–water partition coefficient (Wildman–Crippen LogP) is 2.06. The summed E-state index contributed by atoms with van der Waals surface area (Å²) in [4.78, 5) is 15.8. The zero-order chi connectivity index (χ0) is 13.5. The molecule has 1 atom stereocenters. The normalized spacial score (nSPS) is 12.0. The number of halogens is 2. The highest BCUT2D eigenvalue weighted by atomic mass is 79.9. The molecule has 1 amide bonds. The molecule has 1 aromatic heterocycles. The van der Waals surface area contributed by atoms with Gasteiger partial charge < -0.3 is 15.4 Å². The van der Waals surface area contributed by atoms with Crippen molar-refractivity contribution in [3.8, 4) is 0 Å². The molecule has 100 valence electrons. The maximum Gasteiger partial charge on any atom is 0.242 e. The molecule has 0 aliphatic rings. The second-order valence-corrected chi connectivity index (χ2v) is 4.92. The number of hydrogen-bond acceptors (Lipinski definition) is 4. The van der Waals surface area contributed by atoms with Gasteiger partial charge in [0.05, 0.1) is 16.1 Å². The second kappa shape index (κ2) is 7.56. The Balaban J connectivity index is 2.53. The molecule has 0 aliphatic heterocycles. The number of aromatic nitrogens is 1. The topological polar surface area (TPSA) is 63.2 Å². The Morgan fingerprint density at radius 2 is 2.39 bits per heavy atom. The van der Waals surface area contributed by atoms with E-state index in [9.17, 15) is 4.79 Å². The third kappa shape index (κ3) is 4.80. The van der Waals surface area contributed by atoms with Crippen LogP contribution in [0.5, 0.6) is 0 Å². The molecule has 5 nitrogen and oxygen atoms in total. The molecule has 1 rings (SSSR count). The summed E-state index contributed by atoms with van der Waals surface area (Å²) in [5.74, 6) is 0.462. The number of carbonyl (C=O) groups excluding carboxylic acids is 1. The lowest BCUT2D eigenvalue weighted by Gasteiger charge is -2.15. The monoisotopic (exact) mass is 335 g/mol. The minimum Gasteiger partial charge on any atom is -0.383 e. The van der Waals surface area contributed by atoms with Gasteiger partial charge in [0.15, 0.2) is 0 Å². The van der Waals surface area contributed by atoms with Gasteiger partial charge >= 0.3 is 0 Å². The molecule has 0 bridgehead atoms. The van der Waals surface area contributed by atoms with Crippen molar-refractivity contribution in [2.45, 2.75) is 13.0 Å². The lowest BCUT2D eigenvalue weighted by atomic mass is 10.3. The number of anilines is 1. The van der Waals surface area contributed by atoms with Gasteiger partial charge in [0.25, 0.3) is 0 Å². The summed E-state index contributed by atoms with van der Waals surface area (Å²) in [6.07, 6.45) is 1.52. The summed E-state index contributed by atoms with van der Waals surface area (Å²) < 4.78 is 5.57. The molecular weight excluding hydrogens is 321 g/mol. The van der Waals surface area contributed by atoms with E-state index in [1.54, 1.807) is 20.1 Å². The minimum absolute atomic E-state index is 0.115. The first kappa shape index (κ1) is 15.2. The molecule has 0 spiro atoms. The van der Waals surface area contributed by atoms with Crippen LogP contribution in [0, 0.1) is 0 Å². The van der Waals surface area contributed by atoms with E-state index in [-0.39, 0.29) is 5.91 Å². The van der Waals surface area contributed by atoms with Gasteiger partial charge in [0.1, 0.15) is 11.9 Å². The molecule has 0 aliphatic carbocycles. The van der Waals surface area contributed by atoms with E-state index in [1.165, 1.54) is 6.20 Å². The third-order valence-corrected chi connectivity index (χ3v) is 2.97. The summed E-state index contributed by atoms with van der Waals surface area (Å²) in [6, 6.07) is 1.32. The Morgan fingerprint density at radius 3 is 3.00 bits per heavy atom. The summed E-state index contributed by atoms with van der Waals surface area (Å²) >= 11 is 9.11. The summed E-state index contributed by atoms with van der Waals surface area (Å²) in [5, 5.41) is 6.27. The van der Waals surface area contributed by atoms with Crippen LogP contribution in [0.4, 0.5) is 5.82 Å². The molecule has 0 saturated carbocycles. The molecule has 0 aromatic carbocycles. The van der Waals surface area contributed by atoms with E-state index in [1.807, 2.05) is 0 Å². The van der Waals surface area contributed by atoms with Gasteiger partial charge in [-0.1, -0.05) is 11.6 Å². The second-order valence-electron chi connectivity index (χ2n) is 3.63. The summed E-state index contributed by atoms with van der Waals surface area (Å²) in [6.45, 7) is 2.72. The quantitative estimate of drug-likeness (QED) is 0.781. The summed E-state index contributed by atoms with van der Waals surface area (Å²) in [5.41, 5.74) is 0. The van der Waals surface area contributed by atoms with Crippen LogP contribution < -0.4 is 10.6 Å². The molecule has 7 heteroatoms. The molecule has 0 fully saturated rings. The van der Waals surface area contributed by atoms with Gasteiger partial charge in [-0.2, -0.15) is 0 Å². The average Bonchev–Trinajstić information content (AvgIpc) is 2.32. The number of ether oxygens (including phenoxy) is 1. The number of nitrogens with zero attached hydrogens (tertiary/aromatic N) is 1. The Bertz CT molecular complexity index is 417. The van der Waals surface area contributed by atoms with Crippen molar-refractivity contribution >= 4 is 39.3 Å². The number of nitrogens with one attached hydrogen (secondary N) is 2. The smallest absolute Gasteiger partial charge is 0.242 e. The van der Waals surface area contributed by atoms with Crippen LogP contribution in [0.1, 0.15) is 6.92 Å². The zero-order valence-corrected chi connectivity index (χ0v) is 12.5. The van der Waals surface area contributed by atoms with Gasteiger partial charge in [0, 0.05) is 19.9 Å². The molecule has 18 heavy (non-hydrogen) atoms. The maximum atomic E-state index is 11.7. The van der Waals surface area contributed by atoms with E-state index < -0.39 is 6.04 Å². The molecular formula is C11H15BrClN3O2. The maximum absolute atomic E-state index is 11.7. The van der Waals surface area contributed by atoms with Gasteiger partial charge in [-0.25, -0.2) is 4.98 Å². The zero-order valence-electron chi connectivity index (χ0n) is 10.2.